The van der Waals surface area contributed by atoms with Crippen molar-refractivity contribution in [1.82, 2.24) is 4.90 Å². The summed E-state index contributed by atoms with van der Waals surface area (Å²) in [5.74, 6) is 1.72. The smallest absolute Gasteiger partial charge is 0.166 e. The number of benzene rings is 1. The Balaban J connectivity index is 1.67. The molecule has 0 unspecified atom stereocenters. The number of rotatable bonds is 3. The number of carbonyl (C=O) groups excluding carboxylic acids is 1. The highest BCUT2D eigenvalue weighted by molar-refractivity contribution is 5.89. The van der Waals surface area contributed by atoms with Crippen LogP contribution in [0.25, 0.3) is 0 Å². The summed E-state index contributed by atoms with van der Waals surface area (Å²) in [6, 6.07) is 4.62. The number of ether oxygens (including phenoxy) is 3. The molecule has 4 aliphatic carbocycles. The third kappa shape index (κ3) is 1.96. The first kappa shape index (κ1) is 19.8. The number of methoxy groups -OCH3 is 2. The van der Waals surface area contributed by atoms with Crippen LogP contribution in [0.5, 0.6) is 11.5 Å². The number of ketones is 1. The van der Waals surface area contributed by atoms with Gasteiger partial charge in [0.25, 0.3) is 0 Å². The van der Waals surface area contributed by atoms with Crippen LogP contribution >= 0.6 is 0 Å². The fourth-order valence-electron chi connectivity index (χ4n) is 8.03. The van der Waals surface area contributed by atoms with Gasteiger partial charge in [-0.25, -0.2) is 0 Å². The number of hydrogen-bond donors (Lipinski definition) is 0. The van der Waals surface area contributed by atoms with Crippen molar-refractivity contribution in [3.05, 3.63) is 35.4 Å². The quantitative estimate of drug-likeness (QED) is 0.696. The second-order valence-electron chi connectivity index (χ2n) is 11.4. The van der Waals surface area contributed by atoms with Gasteiger partial charge < -0.3 is 19.1 Å². The molecule has 166 valence electrons. The van der Waals surface area contributed by atoms with Crippen LogP contribution in [-0.2, 0) is 21.4 Å². The Morgan fingerprint density at radius 2 is 2.00 bits per heavy atom. The van der Waals surface area contributed by atoms with Gasteiger partial charge in [0.15, 0.2) is 11.5 Å². The summed E-state index contributed by atoms with van der Waals surface area (Å²) < 4.78 is 19.0. The van der Waals surface area contributed by atoms with E-state index in [0.29, 0.717) is 6.04 Å². The molecule has 1 saturated carbocycles. The SMILES string of the molecule is COc1ccc2c3c1O[C@H]1[C@@]4(OC)C=C[C@@]5(C[C@@H]4C(=O)C(C)(C)C)[C@@H](C2)N(C)CC[C@]315. The molecule has 1 aromatic rings. The van der Waals surface area contributed by atoms with Crippen molar-refractivity contribution in [1.29, 1.82) is 0 Å². The van der Waals surface area contributed by atoms with Crippen molar-refractivity contribution < 1.29 is 19.0 Å². The van der Waals surface area contributed by atoms with Crippen molar-refractivity contribution >= 4 is 5.78 Å². The molecule has 2 heterocycles. The minimum absolute atomic E-state index is 0.138. The van der Waals surface area contributed by atoms with Gasteiger partial charge in [-0.05, 0) is 44.5 Å². The van der Waals surface area contributed by atoms with E-state index in [4.69, 9.17) is 14.2 Å². The minimum atomic E-state index is -0.759. The molecule has 0 amide bonds. The zero-order valence-corrected chi connectivity index (χ0v) is 19.5. The topological polar surface area (TPSA) is 48.0 Å². The molecule has 7 rings (SSSR count). The highest BCUT2D eigenvalue weighted by Gasteiger charge is 2.79. The number of likely N-dealkylation sites (tertiary alicyclic amines) is 1. The summed E-state index contributed by atoms with van der Waals surface area (Å²) in [4.78, 5) is 16.3. The van der Waals surface area contributed by atoms with Crippen molar-refractivity contribution in [2.45, 2.75) is 63.2 Å². The van der Waals surface area contributed by atoms with Crippen LogP contribution < -0.4 is 9.47 Å². The standard InChI is InChI=1S/C26H33NO4/c1-23(2,3)21(28)16-14-24-9-10-26(16,30-6)22-25(24)11-12-27(4)18(24)13-15-7-8-17(29-5)20(31-22)19(15)25/h7-10,16,18,22H,11-14H2,1-6H3/t16-,18-,22-,24-,25+,26-/m1/s1. The molecule has 5 nitrogen and oxygen atoms in total. The molecule has 31 heavy (non-hydrogen) atoms. The lowest BCUT2D eigenvalue weighted by molar-refractivity contribution is -0.215. The number of nitrogens with zero attached hydrogens (tertiary/aromatic N) is 1. The normalized spacial score (nSPS) is 41.7. The van der Waals surface area contributed by atoms with Gasteiger partial charge in [0, 0.05) is 29.5 Å². The Labute approximate surface area is 184 Å². The van der Waals surface area contributed by atoms with E-state index in [1.807, 2.05) is 26.8 Å². The molecule has 2 spiro atoms. The van der Waals surface area contributed by atoms with Gasteiger partial charge in [0.05, 0.1) is 18.4 Å². The summed E-state index contributed by atoms with van der Waals surface area (Å²) in [6.07, 6.45) is 7.19. The van der Waals surface area contributed by atoms with Gasteiger partial charge in [0.1, 0.15) is 17.5 Å². The van der Waals surface area contributed by atoms with Crippen LogP contribution in [0.15, 0.2) is 24.3 Å². The molecule has 2 aliphatic heterocycles. The lowest BCUT2D eigenvalue weighted by Gasteiger charge is -2.71. The highest BCUT2D eigenvalue weighted by atomic mass is 16.6. The Hall–Kier alpha value is -1.85. The summed E-state index contributed by atoms with van der Waals surface area (Å²) in [6.45, 7) is 7.10. The fourth-order valence-corrected chi connectivity index (χ4v) is 8.03. The van der Waals surface area contributed by atoms with Crippen molar-refractivity contribution in [3.8, 4) is 11.5 Å². The Bertz CT molecular complexity index is 1020. The molecular weight excluding hydrogens is 390 g/mol. The molecule has 1 saturated heterocycles. The molecule has 0 radical (unpaired) electrons. The highest BCUT2D eigenvalue weighted by Crippen LogP contribution is 2.74. The molecular formula is C26H33NO4. The maximum absolute atomic E-state index is 13.8. The maximum Gasteiger partial charge on any atom is 0.166 e. The number of likely N-dealkylation sites (N-methyl/N-ethyl adjacent to an activating group) is 1. The zero-order chi connectivity index (χ0) is 22.0. The van der Waals surface area contributed by atoms with E-state index < -0.39 is 11.0 Å². The largest absolute Gasteiger partial charge is 0.493 e. The van der Waals surface area contributed by atoms with Crippen LogP contribution in [0.3, 0.4) is 0 Å². The van der Waals surface area contributed by atoms with E-state index in [1.54, 1.807) is 14.2 Å². The summed E-state index contributed by atoms with van der Waals surface area (Å²) >= 11 is 0. The minimum Gasteiger partial charge on any atom is -0.493 e. The van der Waals surface area contributed by atoms with E-state index in [2.05, 4.69) is 30.2 Å². The molecule has 1 aromatic carbocycles. The summed E-state index contributed by atoms with van der Waals surface area (Å²) in [5, 5.41) is 0. The van der Waals surface area contributed by atoms with Crippen molar-refractivity contribution in [2.75, 3.05) is 27.8 Å². The predicted octanol–water partition coefficient (Wildman–Crippen LogP) is 3.53. The first-order valence-electron chi connectivity index (χ1n) is 11.5. The van der Waals surface area contributed by atoms with Crippen LogP contribution in [0.1, 0.15) is 44.7 Å². The summed E-state index contributed by atoms with van der Waals surface area (Å²) in [7, 11) is 5.71. The average molecular weight is 424 g/mol. The Kier molecular flexibility index (Phi) is 3.66. The van der Waals surface area contributed by atoms with E-state index in [-0.39, 0.29) is 28.6 Å². The second kappa shape index (κ2) is 5.74. The first-order chi connectivity index (χ1) is 14.7. The van der Waals surface area contributed by atoms with E-state index in [9.17, 15) is 4.79 Å². The number of carbonyl (C=O) groups is 1. The zero-order valence-electron chi connectivity index (χ0n) is 19.5. The number of piperidine rings is 1. The molecule has 0 N–H and O–H groups in total. The van der Waals surface area contributed by atoms with Gasteiger partial charge in [-0.3, -0.25) is 4.79 Å². The average Bonchev–Trinajstić information content (AvgIpc) is 3.11. The van der Waals surface area contributed by atoms with Crippen molar-refractivity contribution in [2.24, 2.45) is 16.7 Å². The number of fused-ring (bicyclic) bond motifs is 1. The Morgan fingerprint density at radius 1 is 1.23 bits per heavy atom. The first-order valence-corrected chi connectivity index (χ1v) is 11.5. The number of Topliss-reactive ketones (excluding diaryl/α,β-unsaturated/α-hetero) is 1. The van der Waals surface area contributed by atoms with E-state index in [1.165, 1.54) is 11.1 Å². The van der Waals surface area contributed by atoms with Crippen LogP contribution in [0.4, 0.5) is 0 Å². The van der Waals surface area contributed by atoms with E-state index >= 15 is 0 Å². The van der Waals surface area contributed by atoms with Gasteiger partial charge >= 0.3 is 0 Å². The van der Waals surface area contributed by atoms with Gasteiger partial charge in [-0.15, -0.1) is 0 Å². The van der Waals surface area contributed by atoms with Gasteiger partial charge in [-0.2, -0.15) is 0 Å². The third-order valence-corrected chi connectivity index (χ3v) is 9.33. The van der Waals surface area contributed by atoms with Crippen LogP contribution in [0, 0.1) is 16.7 Å². The van der Waals surface area contributed by atoms with Gasteiger partial charge in [-0.1, -0.05) is 39.0 Å². The number of hydrogen-bond acceptors (Lipinski definition) is 5. The molecule has 5 heteroatoms. The lowest BCUT2D eigenvalue weighted by atomic mass is 9.36. The summed E-state index contributed by atoms with van der Waals surface area (Å²) in [5.41, 5.74) is 1.18. The van der Waals surface area contributed by atoms with Crippen molar-refractivity contribution in [3.63, 3.8) is 0 Å². The molecule has 4 bridgehead atoms. The third-order valence-electron chi connectivity index (χ3n) is 9.33. The predicted molar refractivity (Wildman–Crippen MR) is 118 cm³/mol. The molecule has 2 fully saturated rings. The monoisotopic (exact) mass is 423 g/mol. The van der Waals surface area contributed by atoms with Crippen LogP contribution in [0.2, 0.25) is 0 Å². The van der Waals surface area contributed by atoms with Crippen LogP contribution in [-0.4, -0.2) is 56.2 Å². The maximum atomic E-state index is 13.8. The molecule has 0 aromatic heterocycles. The lowest BCUT2D eigenvalue weighted by Crippen LogP contribution is -2.79. The molecule has 6 aliphatic rings. The second-order valence-corrected chi connectivity index (χ2v) is 11.4. The van der Waals surface area contributed by atoms with Gasteiger partial charge in [0.2, 0.25) is 0 Å². The Morgan fingerprint density at radius 3 is 2.68 bits per heavy atom. The molecule has 6 atom stereocenters. The fraction of sp³-hybridized carbons (Fsp3) is 0.654. The van der Waals surface area contributed by atoms with E-state index in [0.717, 1.165) is 37.3 Å².